The average molecular weight is 253 g/mol. The number of nitrogens with one attached hydrogen (secondary N) is 2. The Bertz CT molecular complexity index is 414. The van der Waals surface area contributed by atoms with Gasteiger partial charge in [-0.1, -0.05) is 5.16 Å². The molecule has 0 aromatic carbocycles. The first kappa shape index (κ1) is 12.4. The average Bonchev–Trinajstić information content (AvgIpc) is 3.02. The van der Waals surface area contributed by atoms with Gasteiger partial charge in [0.05, 0.1) is 19.2 Å². The van der Waals surface area contributed by atoms with Gasteiger partial charge in [0.1, 0.15) is 0 Å². The third-order valence-electron chi connectivity index (χ3n) is 2.82. The zero-order valence-electron chi connectivity index (χ0n) is 9.76. The minimum atomic E-state index is -0.901. The molecule has 2 rings (SSSR count). The van der Waals surface area contributed by atoms with Crippen LogP contribution < -0.4 is 10.6 Å². The minimum Gasteiger partial charge on any atom is -0.481 e. The van der Waals surface area contributed by atoms with E-state index < -0.39 is 5.97 Å². The number of amides is 2. The molecule has 1 heterocycles. The van der Waals surface area contributed by atoms with Crippen LogP contribution in [-0.2, 0) is 11.3 Å². The van der Waals surface area contributed by atoms with Crippen LogP contribution in [0.5, 0.6) is 0 Å². The molecule has 1 unspecified atom stereocenters. The van der Waals surface area contributed by atoms with E-state index in [1.165, 1.54) is 6.20 Å². The number of hydrogen-bond donors (Lipinski definition) is 3. The predicted molar refractivity (Wildman–Crippen MR) is 60.6 cm³/mol. The lowest BCUT2D eigenvalue weighted by Gasteiger charge is -2.16. The molecule has 1 fully saturated rings. The molecule has 7 nitrogen and oxygen atoms in total. The molecule has 1 aliphatic carbocycles. The molecule has 3 N–H and O–H groups in total. The summed E-state index contributed by atoms with van der Waals surface area (Å²) in [5, 5.41) is 17.5. The van der Waals surface area contributed by atoms with Gasteiger partial charge in [-0.15, -0.1) is 0 Å². The summed E-state index contributed by atoms with van der Waals surface area (Å²) < 4.78 is 4.83. The smallest absolute Gasteiger partial charge is 0.315 e. The monoisotopic (exact) mass is 253 g/mol. The third kappa shape index (κ3) is 3.76. The van der Waals surface area contributed by atoms with E-state index in [9.17, 15) is 9.59 Å². The van der Waals surface area contributed by atoms with E-state index in [0.717, 1.165) is 12.8 Å². The highest BCUT2D eigenvalue weighted by Crippen LogP contribution is 2.33. The Balaban J connectivity index is 1.76. The van der Waals surface area contributed by atoms with Crippen molar-refractivity contribution >= 4 is 12.0 Å². The van der Waals surface area contributed by atoms with Gasteiger partial charge in [-0.25, -0.2) is 4.79 Å². The van der Waals surface area contributed by atoms with Crippen LogP contribution >= 0.6 is 0 Å². The van der Waals surface area contributed by atoms with Crippen molar-refractivity contribution in [2.45, 2.75) is 31.8 Å². The summed E-state index contributed by atoms with van der Waals surface area (Å²) in [7, 11) is 0. The van der Waals surface area contributed by atoms with Gasteiger partial charge in [0, 0.05) is 12.1 Å². The molecule has 7 heteroatoms. The van der Waals surface area contributed by atoms with Crippen LogP contribution in [0.1, 0.15) is 25.0 Å². The van der Waals surface area contributed by atoms with Gasteiger partial charge in [-0.2, -0.15) is 0 Å². The second kappa shape index (κ2) is 5.52. The van der Waals surface area contributed by atoms with Crippen LogP contribution in [0.15, 0.2) is 16.8 Å². The fourth-order valence-corrected chi connectivity index (χ4v) is 1.74. The normalized spacial score (nSPS) is 16.0. The Hall–Kier alpha value is -2.05. The molecule has 0 saturated heterocycles. The number of carbonyl (C=O) groups is 2. The molecule has 0 radical (unpaired) electrons. The molecule has 1 aromatic rings. The maximum atomic E-state index is 11.6. The largest absolute Gasteiger partial charge is 0.481 e. The molecule has 0 aliphatic heterocycles. The van der Waals surface area contributed by atoms with Crippen LogP contribution in [0, 0.1) is 5.92 Å². The van der Waals surface area contributed by atoms with Crippen molar-refractivity contribution in [2.24, 2.45) is 5.92 Å². The number of hydrogen-bond acceptors (Lipinski definition) is 4. The zero-order valence-corrected chi connectivity index (χ0v) is 9.76. The van der Waals surface area contributed by atoms with E-state index in [-0.39, 0.29) is 31.0 Å². The van der Waals surface area contributed by atoms with Crippen LogP contribution in [0.2, 0.25) is 0 Å². The van der Waals surface area contributed by atoms with Crippen molar-refractivity contribution in [2.75, 3.05) is 0 Å². The summed E-state index contributed by atoms with van der Waals surface area (Å²) in [6.45, 7) is 0.232. The van der Waals surface area contributed by atoms with Crippen LogP contribution in [0.25, 0.3) is 0 Å². The standard InChI is InChI=1S/C11H15N3O4/c15-10(16)5-9(7-1-2-7)14-11(17)12-6-8-3-4-13-18-8/h3-4,7,9H,1-2,5-6H2,(H,15,16)(H2,12,14,17). The Morgan fingerprint density at radius 2 is 2.33 bits per heavy atom. The van der Waals surface area contributed by atoms with Gasteiger partial charge in [0.2, 0.25) is 0 Å². The Kier molecular flexibility index (Phi) is 3.81. The van der Waals surface area contributed by atoms with Gasteiger partial charge in [-0.05, 0) is 18.8 Å². The van der Waals surface area contributed by atoms with E-state index in [1.54, 1.807) is 6.07 Å². The first-order chi connectivity index (χ1) is 8.65. The summed E-state index contributed by atoms with van der Waals surface area (Å²) >= 11 is 0. The SMILES string of the molecule is O=C(O)CC(NC(=O)NCc1ccno1)C1CC1. The number of carboxylic acids is 1. The zero-order chi connectivity index (χ0) is 13.0. The number of aliphatic carboxylic acids is 1. The maximum absolute atomic E-state index is 11.6. The number of rotatable bonds is 6. The fourth-order valence-electron chi connectivity index (χ4n) is 1.74. The van der Waals surface area contributed by atoms with Crippen LogP contribution in [0.3, 0.4) is 0 Å². The molecule has 0 spiro atoms. The number of carboxylic acid groups (broad SMARTS) is 1. The molecular weight excluding hydrogens is 238 g/mol. The van der Waals surface area contributed by atoms with Crippen molar-refractivity contribution < 1.29 is 19.2 Å². The van der Waals surface area contributed by atoms with Crippen LogP contribution in [0.4, 0.5) is 4.79 Å². The van der Waals surface area contributed by atoms with Gasteiger partial charge >= 0.3 is 12.0 Å². The van der Waals surface area contributed by atoms with Gasteiger partial charge in [-0.3, -0.25) is 4.79 Å². The van der Waals surface area contributed by atoms with E-state index in [0.29, 0.717) is 5.76 Å². The second-order valence-electron chi connectivity index (χ2n) is 4.35. The van der Waals surface area contributed by atoms with Crippen molar-refractivity contribution in [1.82, 2.24) is 15.8 Å². The number of carbonyl (C=O) groups excluding carboxylic acids is 1. The van der Waals surface area contributed by atoms with Crippen molar-refractivity contribution in [1.29, 1.82) is 0 Å². The molecule has 1 aromatic heterocycles. The first-order valence-corrected chi connectivity index (χ1v) is 5.81. The van der Waals surface area contributed by atoms with E-state index in [2.05, 4.69) is 15.8 Å². The van der Waals surface area contributed by atoms with E-state index in [1.807, 2.05) is 0 Å². The van der Waals surface area contributed by atoms with Gasteiger partial charge in [0.15, 0.2) is 5.76 Å². The summed E-state index contributed by atoms with van der Waals surface area (Å²) in [5.74, 6) is -0.0640. The van der Waals surface area contributed by atoms with Crippen molar-refractivity contribution in [3.05, 3.63) is 18.0 Å². The van der Waals surface area contributed by atoms with E-state index >= 15 is 0 Å². The molecule has 18 heavy (non-hydrogen) atoms. The summed E-state index contributed by atoms with van der Waals surface area (Å²) in [5.41, 5.74) is 0. The van der Waals surface area contributed by atoms with Gasteiger partial charge in [0.25, 0.3) is 0 Å². The Morgan fingerprint density at radius 3 is 2.89 bits per heavy atom. The highest BCUT2D eigenvalue weighted by atomic mass is 16.5. The van der Waals surface area contributed by atoms with Crippen molar-refractivity contribution in [3.63, 3.8) is 0 Å². The summed E-state index contributed by atoms with van der Waals surface area (Å²) in [4.78, 5) is 22.3. The molecule has 0 bridgehead atoms. The lowest BCUT2D eigenvalue weighted by atomic mass is 10.1. The predicted octanol–water partition coefficient (Wildman–Crippen LogP) is 0.727. The highest BCUT2D eigenvalue weighted by molar-refractivity contribution is 5.75. The minimum absolute atomic E-state index is 0.0413. The lowest BCUT2D eigenvalue weighted by Crippen LogP contribution is -2.43. The number of urea groups is 1. The van der Waals surface area contributed by atoms with Crippen LogP contribution in [-0.4, -0.2) is 28.3 Å². The first-order valence-electron chi connectivity index (χ1n) is 5.81. The molecule has 2 amide bonds. The lowest BCUT2D eigenvalue weighted by molar-refractivity contribution is -0.137. The molecule has 98 valence electrons. The Labute approximate surface area is 104 Å². The fraction of sp³-hybridized carbons (Fsp3) is 0.545. The topological polar surface area (TPSA) is 104 Å². The second-order valence-corrected chi connectivity index (χ2v) is 4.35. The summed E-state index contributed by atoms with van der Waals surface area (Å²) in [6.07, 6.45) is 3.40. The van der Waals surface area contributed by atoms with Crippen molar-refractivity contribution in [3.8, 4) is 0 Å². The quantitative estimate of drug-likeness (QED) is 0.693. The van der Waals surface area contributed by atoms with E-state index in [4.69, 9.17) is 9.63 Å². The Morgan fingerprint density at radius 1 is 1.56 bits per heavy atom. The number of nitrogens with zero attached hydrogens (tertiary/aromatic N) is 1. The maximum Gasteiger partial charge on any atom is 0.315 e. The summed E-state index contributed by atoms with van der Waals surface area (Å²) in [6, 6.07) is 0.970. The molecule has 1 saturated carbocycles. The molecular formula is C11H15N3O4. The molecule has 1 aliphatic rings. The highest BCUT2D eigenvalue weighted by Gasteiger charge is 2.33. The third-order valence-corrected chi connectivity index (χ3v) is 2.82. The van der Waals surface area contributed by atoms with Gasteiger partial charge < -0.3 is 20.3 Å². The molecule has 1 atom stereocenters. The number of aromatic nitrogens is 1.